The van der Waals surface area contributed by atoms with Crippen LogP contribution in [0.25, 0.3) is 11.1 Å². The largest absolute Gasteiger partial charge is 0.467 e. The molecule has 1 aliphatic heterocycles. The van der Waals surface area contributed by atoms with E-state index in [1.807, 2.05) is 6.92 Å². The summed E-state index contributed by atoms with van der Waals surface area (Å²) in [6.07, 6.45) is -1.75. The number of alkyl halides is 3. The molecule has 1 amide bonds. The second kappa shape index (κ2) is 7.64. The molecule has 2 aromatic heterocycles. The summed E-state index contributed by atoms with van der Waals surface area (Å²) in [5, 5.41) is 4.24. The van der Waals surface area contributed by atoms with Crippen molar-refractivity contribution in [2.45, 2.75) is 26.2 Å². The van der Waals surface area contributed by atoms with E-state index >= 15 is 0 Å². The van der Waals surface area contributed by atoms with Gasteiger partial charge in [0, 0.05) is 30.9 Å². The number of nitrogens with zero attached hydrogens (tertiary/aromatic N) is 5. The van der Waals surface area contributed by atoms with Crippen molar-refractivity contribution in [3.05, 3.63) is 59.1 Å². The summed E-state index contributed by atoms with van der Waals surface area (Å²) >= 11 is 0. The highest BCUT2D eigenvalue weighted by molar-refractivity contribution is 5.99. The Kier molecular flexibility index (Phi) is 5.11. The van der Waals surface area contributed by atoms with Crippen LogP contribution in [0.1, 0.15) is 27.3 Å². The Morgan fingerprint density at radius 3 is 2.65 bits per heavy atom. The minimum Gasteiger partial charge on any atom is -0.467 e. The average Bonchev–Trinajstić information content (AvgIpc) is 3.20. The van der Waals surface area contributed by atoms with Crippen molar-refractivity contribution in [2.75, 3.05) is 6.61 Å². The number of ether oxygens (including phenoxy) is 1. The van der Waals surface area contributed by atoms with Gasteiger partial charge in [0.15, 0.2) is 6.61 Å². The summed E-state index contributed by atoms with van der Waals surface area (Å²) < 4.78 is 58.5. The van der Waals surface area contributed by atoms with Crippen LogP contribution in [-0.2, 0) is 20.1 Å². The van der Waals surface area contributed by atoms with Crippen LogP contribution < -0.4 is 4.74 Å². The lowest BCUT2D eigenvalue weighted by Gasteiger charge is -2.16. The number of aromatic nitrogens is 4. The van der Waals surface area contributed by atoms with Crippen molar-refractivity contribution in [1.29, 1.82) is 0 Å². The Balaban J connectivity index is 1.54. The third-order valence-electron chi connectivity index (χ3n) is 4.84. The molecule has 0 saturated heterocycles. The SMILES string of the molecule is Cc1nn(C)cc1-c1ccc(CN2Cc3ncnc(OCC(F)(F)F)c3C2=O)c(F)c1. The molecule has 1 aliphatic rings. The van der Waals surface area contributed by atoms with Crippen LogP contribution in [0.5, 0.6) is 5.88 Å². The number of aryl methyl sites for hydroxylation is 2. The predicted octanol–water partition coefficient (Wildman–Crippen LogP) is 3.42. The third-order valence-corrected chi connectivity index (χ3v) is 4.84. The summed E-state index contributed by atoms with van der Waals surface area (Å²) in [5.74, 6) is -1.55. The maximum Gasteiger partial charge on any atom is 0.422 e. The Labute approximate surface area is 174 Å². The first-order valence-electron chi connectivity index (χ1n) is 9.24. The van der Waals surface area contributed by atoms with Gasteiger partial charge in [0.1, 0.15) is 17.7 Å². The molecule has 4 rings (SSSR count). The lowest BCUT2D eigenvalue weighted by Crippen LogP contribution is -2.25. The maximum atomic E-state index is 14.8. The van der Waals surface area contributed by atoms with Crippen LogP contribution >= 0.6 is 0 Å². The highest BCUT2D eigenvalue weighted by atomic mass is 19.4. The second-order valence-corrected chi connectivity index (χ2v) is 7.17. The summed E-state index contributed by atoms with van der Waals surface area (Å²) in [6, 6.07) is 4.67. The summed E-state index contributed by atoms with van der Waals surface area (Å²) in [6.45, 7) is 0.183. The lowest BCUT2D eigenvalue weighted by atomic mass is 10.0. The van der Waals surface area contributed by atoms with Crippen LogP contribution in [0.15, 0.2) is 30.7 Å². The number of halogens is 4. The average molecular weight is 435 g/mol. The Morgan fingerprint density at radius 2 is 2.00 bits per heavy atom. The molecule has 0 atom stereocenters. The van der Waals surface area contributed by atoms with Crippen molar-refractivity contribution in [1.82, 2.24) is 24.6 Å². The molecule has 1 aromatic carbocycles. The summed E-state index contributed by atoms with van der Waals surface area (Å²) in [4.78, 5) is 21.6. The van der Waals surface area contributed by atoms with Gasteiger partial charge in [0.25, 0.3) is 5.91 Å². The first-order valence-corrected chi connectivity index (χ1v) is 9.24. The van der Waals surface area contributed by atoms with E-state index < -0.39 is 30.4 Å². The minimum atomic E-state index is -4.57. The molecule has 0 saturated carbocycles. The molecule has 0 fully saturated rings. The zero-order valence-corrected chi connectivity index (χ0v) is 16.6. The van der Waals surface area contributed by atoms with E-state index in [-0.39, 0.29) is 29.9 Å². The van der Waals surface area contributed by atoms with Crippen molar-refractivity contribution in [3.8, 4) is 17.0 Å². The topological polar surface area (TPSA) is 73.1 Å². The quantitative estimate of drug-likeness (QED) is 0.575. The van der Waals surface area contributed by atoms with E-state index in [0.29, 0.717) is 5.56 Å². The van der Waals surface area contributed by atoms with Gasteiger partial charge in [-0.1, -0.05) is 12.1 Å². The molecule has 0 spiro atoms. The van der Waals surface area contributed by atoms with Crippen molar-refractivity contribution in [3.63, 3.8) is 0 Å². The smallest absolute Gasteiger partial charge is 0.422 e. The number of amides is 1. The first kappa shape index (κ1) is 20.8. The molecule has 162 valence electrons. The van der Waals surface area contributed by atoms with Crippen LogP contribution in [0.2, 0.25) is 0 Å². The van der Waals surface area contributed by atoms with Gasteiger partial charge in [-0.05, 0) is 18.6 Å². The van der Waals surface area contributed by atoms with E-state index in [0.717, 1.165) is 17.6 Å². The Morgan fingerprint density at radius 1 is 1.23 bits per heavy atom. The number of hydrogen-bond donors (Lipinski definition) is 0. The summed E-state index contributed by atoms with van der Waals surface area (Å²) in [5.41, 5.74) is 2.56. The molecule has 3 aromatic rings. The van der Waals surface area contributed by atoms with Crippen LogP contribution in [0, 0.1) is 12.7 Å². The Bertz CT molecular complexity index is 1160. The third kappa shape index (κ3) is 4.21. The molecule has 0 aliphatic carbocycles. The number of benzene rings is 1. The fourth-order valence-corrected chi connectivity index (χ4v) is 3.47. The highest BCUT2D eigenvalue weighted by Crippen LogP contribution is 2.31. The molecule has 11 heteroatoms. The fraction of sp³-hybridized carbons (Fsp3) is 0.300. The molecule has 3 heterocycles. The van der Waals surface area contributed by atoms with Gasteiger partial charge in [0.05, 0.1) is 17.9 Å². The van der Waals surface area contributed by atoms with E-state index in [1.165, 1.54) is 11.0 Å². The fourth-order valence-electron chi connectivity index (χ4n) is 3.47. The number of carbonyl (C=O) groups excluding carboxylic acids is 1. The van der Waals surface area contributed by atoms with Crippen LogP contribution in [0.3, 0.4) is 0 Å². The molecule has 0 bridgehead atoms. The van der Waals surface area contributed by atoms with Crippen molar-refractivity contribution < 1.29 is 27.1 Å². The standard InChI is InChI=1S/C20H17F4N5O2/c1-11-14(7-28(2)27-11)12-3-4-13(15(21)5-12)6-29-8-16-17(19(29)30)18(26-10-25-16)31-9-20(22,23)24/h3-5,7,10H,6,8-9H2,1-2H3. The van der Waals surface area contributed by atoms with E-state index in [4.69, 9.17) is 0 Å². The molecule has 0 N–H and O–H groups in total. The zero-order chi connectivity index (χ0) is 22.3. The van der Waals surface area contributed by atoms with Gasteiger partial charge in [-0.3, -0.25) is 9.48 Å². The number of carbonyl (C=O) groups is 1. The number of fused-ring (bicyclic) bond motifs is 1. The van der Waals surface area contributed by atoms with E-state index in [1.54, 1.807) is 30.1 Å². The number of rotatable bonds is 5. The van der Waals surface area contributed by atoms with Crippen molar-refractivity contribution in [2.24, 2.45) is 7.05 Å². The van der Waals surface area contributed by atoms with E-state index in [9.17, 15) is 22.4 Å². The van der Waals surface area contributed by atoms with Crippen LogP contribution in [0.4, 0.5) is 17.6 Å². The lowest BCUT2D eigenvalue weighted by molar-refractivity contribution is -0.154. The molecule has 0 radical (unpaired) electrons. The van der Waals surface area contributed by atoms with Crippen molar-refractivity contribution >= 4 is 5.91 Å². The first-order chi connectivity index (χ1) is 14.6. The maximum absolute atomic E-state index is 14.8. The molecular formula is C20H17F4N5O2. The van der Waals surface area contributed by atoms with E-state index in [2.05, 4.69) is 19.8 Å². The summed E-state index contributed by atoms with van der Waals surface area (Å²) in [7, 11) is 1.77. The molecule has 0 unspecified atom stereocenters. The minimum absolute atomic E-state index is 0.0158. The molecule has 31 heavy (non-hydrogen) atoms. The number of hydrogen-bond acceptors (Lipinski definition) is 5. The van der Waals surface area contributed by atoms with Gasteiger partial charge in [-0.25, -0.2) is 14.4 Å². The highest BCUT2D eigenvalue weighted by Gasteiger charge is 2.35. The zero-order valence-electron chi connectivity index (χ0n) is 16.6. The monoisotopic (exact) mass is 435 g/mol. The van der Waals surface area contributed by atoms with Gasteiger partial charge >= 0.3 is 6.18 Å². The normalized spacial score (nSPS) is 13.6. The van der Waals surface area contributed by atoms with Gasteiger partial charge < -0.3 is 9.64 Å². The van der Waals surface area contributed by atoms with Gasteiger partial charge in [-0.15, -0.1) is 0 Å². The molecule has 7 nitrogen and oxygen atoms in total. The predicted molar refractivity (Wildman–Crippen MR) is 100 cm³/mol. The second-order valence-electron chi connectivity index (χ2n) is 7.17. The van der Waals surface area contributed by atoms with Crippen LogP contribution in [-0.4, -0.2) is 43.3 Å². The van der Waals surface area contributed by atoms with Gasteiger partial charge in [0.2, 0.25) is 5.88 Å². The molecular weight excluding hydrogens is 418 g/mol. The van der Waals surface area contributed by atoms with Gasteiger partial charge in [-0.2, -0.15) is 18.3 Å². The Hall–Kier alpha value is -3.50.